The summed E-state index contributed by atoms with van der Waals surface area (Å²) in [7, 11) is 2.04. The molecule has 0 fully saturated rings. The number of nitrogens with one attached hydrogen (secondary N) is 1. The smallest absolute Gasteiger partial charge is 0.123 e. The Labute approximate surface area is 131 Å². The zero-order valence-corrected chi connectivity index (χ0v) is 13.9. The molecule has 1 N–H and O–H groups in total. The fraction of sp³-hybridized carbons (Fsp3) is 0.412. The predicted octanol–water partition coefficient (Wildman–Crippen LogP) is 4.38. The number of furan rings is 1. The highest BCUT2D eigenvalue weighted by atomic mass is 35.5. The largest absolute Gasteiger partial charge is 0.464 e. The fourth-order valence-corrected chi connectivity index (χ4v) is 2.37. The zero-order valence-electron chi connectivity index (χ0n) is 13.1. The number of nitrogens with zero attached hydrogens (tertiary/aromatic N) is 1. The van der Waals surface area contributed by atoms with Gasteiger partial charge in [-0.15, -0.1) is 0 Å². The van der Waals surface area contributed by atoms with Crippen molar-refractivity contribution >= 4 is 17.3 Å². The molecule has 0 amide bonds. The zero-order chi connectivity index (χ0) is 15.4. The van der Waals surface area contributed by atoms with Crippen LogP contribution in [0.5, 0.6) is 0 Å². The molecule has 0 atom stereocenters. The number of rotatable bonds is 6. The second kappa shape index (κ2) is 7.01. The van der Waals surface area contributed by atoms with Gasteiger partial charge < -0.3 is 14.6 Å². The maximum atomic E-state index is 6.37. The topological polar surface area (TPSA) is 28.4 Å². The van der Waals surface area contributed by atoms with Crippen molar-refractivity contribution in [1.29, 1.82) is 0 Å². The van der Waals surface area contributed by atoms with Crippen LogP contribution in [0.2, 0.25) is 5.02 Å². The molecule has 0 unspecified atom stereocenters. The average Bonchev–Trinajstić information content (AvgIpc) is 2.82. The highest BCUT2D eigenvalue weighted by Gasteiger charge is 2.08. The summed E-state index contributed by atoms with van der Waals surface area (Å²) in [6.45, 7) is 7.73. The molecule has 0 saturated carbocycles. The van der Waals surface area contributed by atoms with Crippen LogP contribution in [0.4, 0.5) is 5.69 Å². The van der Waals surface area contributed by atoms with Gasteiger partial charge in [0, 0.05) is 30.3 Å². The molecule has 0 bridgehead atoms. The summed E-state index contributed by atoms with van der Waals surface area (Å²) in [5.41, 5.74) is 2.21. The van der Waals surface area contributed by atoms with E-state index in [4.69, 9.17) is 16.0 Å². The average molecular weight is 307 g/mol. The Morgan fingerprint density at radius 1 is 1.24 bits per heavy atom. The highest BCUT2D eigenvalue weighted by Crippen LogP contribution is 2.24. The van der Waals surface area contributed by atoms with Gasteiger partial charge in [0.1, 0.15) is 11.5 Å². The summed E-state index contributed by atoms with van der Waals surface area (Å²) in [6.07, 6.45) is 0. The lowest BCUT2D eigenvalue weighted by molar-refractivity contribution is 0.482. The third-order valence-corrected chi connectivity index (χ3v) is 3.72. The molecule has 0 aliphatic carbocycles. The van der Waals surface area contributed by atoms with Gasteiger partial charge in [0.25, 0.3) is 0 Å². The van der Waals surface area contributed by atoms with Crippen molar-refractivity contribution < 1.29 is 4.42 Å². The second-order valence-electron chi connectivity index (χ2n) is 5.68. The first-order chi connectivity index (χ1) is 9.95. The first kappa shape index (κ1) is 15.9. The van der Waals surface area contributed by atoms with Crippen molar-refractivity contribution in [1.82, 2.24) is 5.32 Å². The first-order valence-corrected chi connectivity index (χ1v) is 7.61. The molecule has 1 aromatic heterocycles. The molecule has 1 heterocycles. The van der Waals surface area contributed by atoms with Crippen LogP contribution in [0.25, 0.3) is 0 Å². The van der Waals surface area contributed by atoms with Crippen LogP contribution in [0.1, 0.15) is 30.9 Å². The number of hydrogen-bond donors (Lipinski definition) is 1. The van der Waals surface area contributed by atoms with E-state index in [0.29, 0.717) is 6.04 Å². The Kier molecular flexibility index (Phi) is 5.32. The lowest BCUT2D eigenvalue weighted by atomic mass is 10.2. The maximum Gasteiger partial charge on any atom is 0.123 e. The van der Waals surface area contributed by atoms with Gasteiger partial charge in [0.05, 0.1) is 6.54 Å². The molecule has 2 rings (SSSR count). The molecule has 21 heavy (non-hydrogen) atoms. The Morgan fingerprint density at radius 2 is 2.00 bits per heavy atom. The van der Waals surface area contributed by atoms with E-state index >= 15 is 0 Å². The number of halogens is 1. The third-order valence-electron chi connectivity index (χ3n) is 3.37. The van der Waals surface area contributed by atoms with Gasteiger partial charge >= 0.3 is 0 Å². The van der Waals surface area contributed by atoms with Crippen LogP contribution >= 0.6 is 11.6 Å². The van der Waals surface area contributed by atoms with E-state index in [1.54, 1.807) is 0 Å². The van der Waals surface area contributed by atoms with Gasteiger partial charge in [-0.25, -0.2) is 0 Å². The van der Waals surface area contributed by atoms with Crippen molar-refractivity contribution in [3.8, 4) is 0 Å². The van der Waals surface area contributed by atoms with E-state index in [-0.39, 0.29) is 0 Å². The Bertz CT molecular complexity index is 592. The molecule has 1 aromatic carbocycles. The minimum atomic E-state index is 0.450. The van der Waals surface area contributed by atoms with Crippen LogP contribution in [0, 0.1) is 6.92 Å². The minimum absolute atomic E-state index is 0.450. The lowest BCUT2D eigenvalue weighted by Crippen LogP contribution is -2.22. The monoisotopic (exact) mass is 306 g/mol. The first-order valence-electron chi connectivity index (χ1n) is 7.24. The van der Waals surface area contributed by atoms with Crippen molar-refractivity contribution in [2.75, 3.05) is 11.9 Å². The Balaban J connectivity index is 2.04. The normalized spacial score (nSPS) is 11.1. The minimum Gasteiger partial charge on any atom is -0.464 e. The molecule has 0 aliphatic rings. The van der Waals surface area contributed by atoms with E-state index in [9.17, 15) is 0 Å². The molecular formula is C17H23ClN2O. The molecule has 0 saturated heterocycles. The van der Waals surface area contributed by atoms with Crippen LogP contribution in [-0.4, -0.2) is 13.1 Å². The molecule has 3 nitrogen and oxygen atoms in total. The van der Waals surface area contributed by atoms with Crippen LogP contribution in [0.15, 0.2) is 34.7 Å². The van der Waals surface area contributed by atoms with E-state index in [2.05, 4.69) is 36.2 Å². The van der Waals surface area contributed by atoms with Crippen LogP contribution in [-0.2, 0) is 13.1 Å². The summed E-state index contributed by atoms with van der Waals surface area (Å²) in [4.78, 5) is 2.13. The molecule has 0 radical (unpaired) electrons. The SMILES string of the molecule is Cc1ccc(CN(C)c2ccc(CNC(C)C)c(Cl)c2)o1. The van der Waals surface area contributed by atoms with E-state index in [0.717, 1.165) is 40.9 Å². The Morgan fingerprint density at radius 3 is 2.57 bits per heavy atom. The van der Waals surface area contributed by atoms with Gasteiger partial charge in [-0.1, -0.05) is 31.5 Å². The summed E-state index contributed by atoms with van der Waals surface area (Å²) in [5, 5.41) is 4.18. The second-order valence-corrected chi connectivity index (χ2v) is 6.09. The van der Waals surface area contributed by atoms with Crippen molar-refractivity contribution in [3.05, 3.63) is 52.4 Å². The summed E-state index contributed by atoms with van der Waals surface area (Å²) in [6, 6.07) is 10.6. The van der Waals surface area contributed by atoms with E-state index in [1.807, 2.05) is 32.2 Å². The standard InChI is InChI=1S/C17H23ClN2O/c1-12(2)19-10-14-6-7-15(9-17(14)18)20(4)11-16-8-5-13(3)21-16/h5-9,12,19H,10-11H2,1-4H3. The quantitative estimate of drug-likeness (QED) is 0.858. The number of aryl methyl sites for hydroxylation is 1. The van der Waals surface area contributed by atoms with Gasteiger partial charge in [0.15, 0.2) is 0 Å². The van der Waals surface area contributed by atoms with Crippen LogP contribution in [0.3, 0.4) is 0 Å². The van der Waals surface area contributed by atoms with E-state index < -0.39 is 0 Å². The van der Waals surface area contributed by atoms with Crippen molar-refractivity contribution in [2.45, 2.75) is 39.9 Å². The van der Waals surface area contributed by atoms with E-state index in [1.165, 1.54) is 0 Å². The molecular weight excluding hydrogens is 284 g/mol. The number of benzene rings is 1. The number of anilines is 1. The van der Waals surface area contributed by atoms with Gasteiger partial charge in [-0.05, 0) is 36.8 Å². The fourth-order valence-electron chi connectivity index (χ4n) is 2.13. The summed E-state index contributed by atoms with van der Waals surface area (Å²) in [5.74, 6) is 1.89. The van der Waals surface area contributed by atoms with Crippen molar-refractivity contribution in [2.24, 2.45) is 0 Å². The summed E-state index contributed by atoms with van der Waals surface area (Å²) >= 11 is 6.37. The third kappa shape index (κ3) is 4.51. The predicted molar refractivity (Wildman–Crippen MR) is 89.0 cm³/mol. The van der Waals surface area contributed by atoms with Gasteiger partial charge in [-0.3, -0.25) is 0 Å². The molecule has 114 valence electrons. The van der Waals surface area contributed by atoms with Gasteiger partial charge in [-0.2, -0.15) is 0 Å². The molecule has 0 aliphatic heterocycles. The van der Waals surface area contributed by atoms with Crippen LogP contribution < -0.4 is 10.2 Å². The molecule has 4 heteroatoms. The summed E-state index contributed by atoms with van der Waals surface area (Å²) < 4.78 is 5.61. The Hall–Kier alpha value is -1.45. The lowest BCUT2D eigenvalue weighted by Gasteiger charge is -2.19. The molecule has 2 aromatic rings. The van der Waals surface area contributed by atoms with Gasteiger partial charge in [0.2, 0.25) is 0 Å². The van der Waals surface area contributed by atoms with Crippen molar-refractivity contribution in [3.63, 3.8) is 0 Å². The molecule has 0 spiro atoms. The highest BCUT2D eigenvalue weighted by molar-refractivity contribution is 6.31. The maximum absolute atomic E-state index is 6.37. The number of hydrogen-bond acceptors (Lipinski definition) is 3.